The van der Waals surface area contributed by atoms with Crippen LogP contribution in [0.5, 0.6) is 0 Å². The van der Waals surface area contributed by atoms with E-state index in [-0.39, 0.29) is 0 Å². The molecule has 0 aliphatic rings. The summed E-state index contributed by atoms with van der Waals surface area (Å²) in [7, 11) is 0. The zero-order chi connectivity index (χ0) is 40.7. The SMILES string of the molecule is c1cc(-c2cccc(-n3c4ccccc4c4cc(-c5ccc(-c6nc7ccccc7c7c6ccc6ccccc67)cc5)ccc43)c2)cc(-n2c3ccccc3c3ccccc32)c1. The van der Waals surface area contributed by atoms with Gasteiger partial charge in [-0.1, -0.05) is 164 Å². The van der Waals surface area contributed by atoms with Crippen molar-refractivity contribution in [3.8, 4) is 44.9 Å². The number of pyridine rings is 1. The number of hydrogen-bond donors (Lipinski definition) is 0. The zero-order valence-corrected chi connectivity index (χ0v) is 33.7. The van der Waals surface area contributed by atoms with Crippen LogP contribution in [0.2, 0.25) is 0 Å². The van der Waals surface area contributed by atoms with Gasteiger partial charge in [-0.3, -0.25) is 0 Å². The van der Waals surface area contributed by atoms with Crippen LogP contribution in [0.25, 0.3) is 121 Å². The average molecular weight is 788 g/mol. The molecule has 0 unspecified atom stereocenters. The Morgan fingerprint density at radius 1 is 0.274 bits per heavy atom. The summed E-state index contributed by atoms with van der Waals surface area (Å²) in [5.41, 5.74) is 14.9. The summed E-state index contributed by atoms with van der Waals surface area (Å²) < 4.78 is 4.80. The molecular weight excluding hydrogens is 751 g/mol. The van der Waals surface area contributed by atoms with Gasteiger partial charge in [-0.15, -0.1) is 0 Å². The average Bonchev–Trinajstić information content (AvgIpc) is 3.86. The molecule has 0 saturated heterocycles. The minimum atomic E-state index is 1.01. The molecule has 0 fully saturated rings. The normalized spacial score (nSPS) is 11.9. The molecule has 3 nitrogen and oxygen atoms in total. The number of benzene rings is 10. The number of fused-ring (bicyclic) bond motifs is 11. The smallest absolute Gasteiger partial charge is 0.0788 e. The minimum absolute atomic E-state index is 1.01. The van der Waals surface area contributed by atoms with E-state index in [9.17, 15) is 0 Å². The molecule has 0 amide bonds. The highest BCUT2D eigenvalue weighted by Crippen LogP contribution is 2.40. The van der Waals surface area contributed by atoms with Crippen molar-refractivity contribution in [2.24, 2.45) is 0 Å². The third kappa shape index (κ3) is 5.28. The van der Waals surface area contributed by atoms with E-state index in [4.69, 9.17) is 4.98 Å². The summed E-state index contributed by atoms with van der Waals surface area (Å²) in [6.07, 6.45) is 0. The minimum Gasteiger partial charge on any atom is -0.309 e. The van der Waals surface area contributed by atoms with Crippen molar-refractivity contribution in [1.82, 2.24) is 14.1 Å². The second kappa shape index (κ2) is 13.6. The highest BCUT2D eigenvalue weighted by atomic mass is 15.0. The van der Waals surface area contributed by atoms with Crippen LogP contribution in [-0.4, -0.2) is 14.1 Å². The standard InChI is InChI=1S/C59H37N3/c1-2-18-46-39(13-1)31-33-51-58(46)50-22-3-7-23-53(50)60-59(51)40-29-27-38(28-30-40)43-32-34-57-52(37-43)49-21-6-10-26-56(49)62(57)45-17-12-15-42(36-45)41-14-11-16-44(35-41)61-54-24-8-4-19-47(54)48-20-5-9-25-55(48)61/h1-37H. The van der Waals surface area contributed by atoms with Crippen LogP contribution in [0.4, 0.5) is 0 Å². The van der Waals surface area contributed by atoms with Gasteiger partial charge >= 0.3 is 0 Å². The molecule has 13 aromatic rings. The van der Waals surface area contributed by atoms with Gasteiger partial charge in [0.2, 0.25) is 0 Å². The fourth-order valence-electron chi connectivity index (χ4n) is 10.0. The van der Waals surface area contributed by atoms with E-state index in [1.165, 1.54) is 92.8 Å². The zero-order valence-electron chi connectivity index (χ0n) is 33.7. The van der Waals surface area contributed by atoms with Crippen molar-refractivity contribution in [1.29, 1.82) is 0 Å². The van der Waals surface area contributed by atoms with E-state index in [0.717, 1.165) is 28.1 Å². The van der Waals surface area contributed by atoms with Gasteiger partial charge in [-0.25, -0.2) is 4.98 Å². The molecule has 3 aromatic heterocycles. The van der Waals surface area contributed by atoms with E-state index in [2.05, 4.69) is 234 Å². The van der Waals surface area contributed by atoms with Crippen LogP contribution < -0.4 is 0 Å². The van der Waals surface area contributed by atoms with E-state index < -0.39 is 0 Å². The quantitative estimate of drug-likeness (QED) is 0.159. The fraction of sp³-hybridized carbons (Fsp3) is 0. The van der Waals surface area contributed by atoms with Crippen LogP contribution in [0.3, 0.4) is 0 Å². The summed E-state index contributed by atoms with van der Waals surface area (Å²) >= 11 is 0. The molecule has 0 bridgehead atoms. The highest BCUT2D eigenvalue weighted by molar-refractivity contribution is 6.22. The molecule has 0 radical (unpaired) electrons. The van der Waals surface area contributed by atoms with Crippen LogP contribution in [0.1, 0.15) is 0 Å². The van der Waals surface area contributed by atoms with E-state index >= 15 is 0 Å². The van der Waals surface area contributed by atoms with Gasteiger partial charge in [0.15, 0.2) is 0 Å². The van der Waals surface area contributed by atoms with Crippen molar-refractivity contribution in [2.45, 2.75) is 0 Å². The molecule has 3 heteroatoms. The first-order chi connectivity index (χ1) is 30.7. The molecule has 13 rings (SSSR count). The number of hydrogen-bond acceptors (Lipinski definition) is 1. The molecule has 0 spiro atoms. The maximum atomic E-state index is 5.25. The Balaban J connectivity index is 0.891. The Morgan fingerprint density at radius 3 is 1.40 bits per heavy atom. The predicted octanol–water partition coefficient (Wildman–Crippen LogP) is 15.7. The Kier molecular flexibility index (Phi) is 7.60. The molecule has 62 heavy (non-hydrogen) atoms. The molecule has 0 atom stereocenters. The monoisotopic (exact) mass is 787 g/mol. The van der Waals surface area contributed by atoms with Gasteiger partial charge in [0.05, 0.1) is 33.3 Å². The molecule has 3 heterocycles. The molecule has 0 aliphatic heterocycles. The lowest BCUT2D eigenvalue weighted by molar-refractivity contribution is 1.17. The first-order valence-corrected chi connectivity index (χ1v) is 21.3. The third-order valence-corrected chi connectivity index (χ3v) is 12.9. The van der Waals surface area contributed by atoms with E-state index in [1.807, 2.05) is 0 Å². The Morgan fingerprint density at radius 2 is 0.758 bits per heavy atom. The number of nitrogens with zero attached hydrogens (tertiary/aromatic N) is 3. The Bertz CT molecular complexity index is 3850. The molecule has 0 saturated carbocycles. The highest BCUT2D eigenvalue weighted by Gasteiger charge is 2.17. The number of aromatic nitrogens is 3. The van der Waals surface area contributed by atoms with Crippen molar-refractivity contribution in [3.05, 3.63) is 224 Å². The summed E-state index contributed by atoms with van der Waals surface area (Å²) in [5, 5.41) is 11.1. The van der Waals surface area contributed by atoms with E-state index in [1.54, 1.807) is 0 Å². The molecule has 288 valence electrons. The first-order valence-electron chi connectivity index (χ1n) is 21.3. The largest absolute Gasteiger partial charge is 0.309 e. The lowest BCUT2D eigenvalue weighted by atomic mass is 9.94. The van der Waals surface area contributed by atoms with Gasteiger partial charge in [0.1, 0.15) is 0 Å². The van der Waals surface area contributed by atoms with Gasteiger partial charge < -0.3 is 9.13 Å². The summed E-state index contributed by atoms with van der Waals surface area (Å²) in [4.78, 5) is 5.25. The van der Waals surface area contributed by atoms with Crippen molar-refractivity contribution in [3.63, 3.8) is 0 Å². The summed E-state index contributed by atoms with van der Waals surface area (Å²) in [6.45, 7) is 0. The Hall–Kier alpha value is -8.27. The van der Waals surface area contributed by atoms with Crippen LogP contribution in [-0.2, 0) is 0 Å². The van der Waals surface area contributed by atoms with Crippen LogP contribution in [0, 0.1) is 0 Å². The second-order valence-electron chi connectivity index (χ2n) is 16.3. The third-order valence-electron chi connectivity index (χ3n) is 12.9. The fourth-order valence-corrected chi connectivity index (χ4v) is 10.0. The van der Waals surface area contributed by atoms with Gasteiger partial charge in [0, 0.05) is 54.6 Å². The maximum Gasteiger partial charge on any atom is 0.0788 e. The molecular formula is C59H37N3. The predicted molar refractivity (Wildman–Crippen MR) is 262 cm³/mol. The van der Waals surface area contributed by atoms with Gasteiger partial charge in [-0.2, -0.15) is 0 Å². The number of rotatable bonds is 5. The second-order valence-corrected chi connectivity index (χ2v) is 16.3. The van der Waals surface area contributed by atoms with Gasteiger partial charge in [0.25, 0.3) is 0 Å². The lowest BCUT2D eigenvalue weighted by Gasteiger charge is -2.13. The molecule has 0 N–H and O–H groups in total. The molecule has 0 aliphatic carbocycles. The maximum absolute atomic E-state index is 5.25. The van der Waals surface area contributed by atoms with Crippen molar-refractivity contribution >= 4 is 76.1 Å². The number of para-hydroxylation sites is 4. The summed E-state index contributed by atoms with van der Waals surface area (Å²) in [5.74, 6) is 0. The Labute approximate surface area is 358 Å². The first kappa shape index (κ1) is 34.6. The van der Waals surface area contributed by atoms with Crippen LogP contribution >= 0.6 is 0 Å². The topological polar surface area (TPSA) is 22.8 Å². The van der Waals surface area contributed by atoms with Crippen molar-refractivity contribution < 1.29 is 0 Å². The summed E-state index contributed by atoms with van der Waals surface area (Å²) in [6, 6.07) is 81.6. The van der Waals surface area contributed by atoms with Crippen molar-refractivity contribution in [2.75, 3.05) is 0 Å². The van der Waals surface area contributed by atoms with E-state index in [0.29, 0.717) is 0 Å². The molecule has 10 aromatic carbocycles. The van der Waals surface area contributed by atoms with Crippen LogP contribution in [0.15, 0.2) is 224 Å². The van der Waals surface area contributed by atoms with Gasteiger partial charge in [-0.05, 0) is 93.7 Å². The lowest BCUT2D eigenvalue weighted by Crippen LogP contribution is -1.96.